The summed E-state index contributed by atoms with van der Waals surface area (Å²) < 4.78 is 1.94. The fraction of sp³-hybridized carbons (Fsp3) is 0.200. The molecular weight excluding hydrogens is 480 g/mol. The molecule has 0 radical (unpaired) electrons. The van der Waals surface area contributed by atoms with Crippen molar-refractivity contribution in [2.45, 2.75) is 38.5 Å². The number of carboxylic acid groups (broad SMARTS) is 1. The van der Waals surface area contributed by atoms with E-state index in [0.717, 1.165) is 28.2 Å². The number of allylic oxidation sites excluding steroid dienone is 6. The maximum Gasteiger partial charge on any atom is 0.370 e. The molecule has 0 amide bonds. The molecular formula is C35H33N2O2+. The van der Waals surface area contributed by atoms with Gasteiger partial charge >= 0.3 is 5.97 Å². The summed E-state index contributed by atoms with van der Waals surface area (Å²) in [7, 11) is 0. The largest absolute Gasteiger partial charge is 0.477 e. The van der Waals surface area contributed by atoms with E-state index in [1.807, 2.05) is 28.9 Å². The number of benzene rings is 4. The van der Waals surface area contributed by atoms with Crippen LogP contribution < -0.4 is 5.32 Å². The summed E-state index contributed by atoms with van der Waals surface area (Å²) in [5.41, 5.74) is 6.27. The number of nitrogens with one attached hydrogen (secondary N) is 1. The minimum Gasteiger partial charge on any atom is -0.477 e. The number of hydrogen-bond donors (Lipinski definition) is 2. The van der Waals surface area contributed by atoms with Crippen molar-refractivity contribution < 1.29 is 14.5 Å². The zero-order valence-corrected chi connectivity index (χ0v) is 22.8. The van der Waals surface area contributed by atoms with Crippen LogP contribution >= 0.6 is 0 Å². The molecule has 6 rings (SSSR count). The monoisotopic (exact) mass is 513 g/mol. The van der Waals surface area contributed by atoms with Gasteiger partial charge in [0.25, 0.3) is 0 Å². The van der Waals surface area contributed by atoms with Gasteiger partial charge < -0.3 is 10.4 Å². The maximum absolute atomic E-state index is 11.8. The lowest BCUT2D eigenvalue weighted by Crippen LogP contribution is -2.29. The smallest absolute Gasteiger partial charge is 0.370 e. The predicted molar refractivity (Wildman–Crippen MR) is 161 cm³/mol. The van der Waals surface area contributed by atoms with Crippen molar-refractivity contribution >= 4 is 44.6 Å². The van der Waals surface area contributed by atoms with Crippen LogP contribution in [-0.4, -0.2) is 27.9 Å². The molecule has 0 saturated carbocycles. The minimum absolute atomic E-state index is 0.0769. The third-order valence-corrected chi connectivity index (χ3v) is 8.28. The quantitative estimate of drug-likeness (QED) is 0.211. The van der Waals surface area contributed by atoms with Gasteiger partial charge in [0.2, 0.25) is 12.2 Å². The van der Waals surface area contributed by atoms with E-state index < -0.39 is 5.97 Å². The molecule has 2 heterocycles. The highest BCUT2D eigenvalue weighted by atomic mass is 16.4. The second-order valence-electron chi connectivity index (χ2n) is 11.5. The molecule has 4 aromatic rings. The van der Waals surface area contributed by atoms with Crippen molar-refractivity contribution in [2.24, 2.45) is 0 Å². The van der Waals surface area contributed by atoms with Gasteiger partial charge in [0, 0.05) is 34.5 Å². The zero-order chi connectivity index (χ0) is 27.4. The van der Waals surface area contributed by atoms with Crippen molar-refractivity contribution in [3.63, 3.8) is 0 Å². The molecule has 0 fully saturated rings. The van der Waals surface area contributed by atoms with Crippen molar-refractivity contribution in [1.82, 2.24) is 0 Å². The average Bonchev–Trinajstić information content (AvgIpc) is 3.29. The molecule has 0 aliphatic carbocycles. The van der Waals surface area contributed by atoms with Crippen LogP contribution in [0.5, 0.6) is 0 Å². The number of aliphatic carboxylic acids is 1. The lowest BCUT2D eigenvalue weighted by molar-refractivity contribution is -0.427. The van der Waals surface area contributed by atoms with Crippen LogP contribution in [0.15, 0.2) is 109 Å². The van der Waals surface area contributed by atoms with E-state index in [9.17, 15) is 9.90 Å². The summed E-state index contributed by atoms with van der Waals surface area (Å²) >= 11 is 0. The van der Waals surface area contributed by atoms with Gasteiger partial charge in [-0.1, -0.05) is 86.7 Å². The molecule has 2 aliphatic rings. The van der Waals surface area contributed by atoms with E-state index >= 15 is 0 Å². The molecule has 0 atom stereocenters. The van der Waals surface area contributed by atoms with Gasteiger partial charge in [0.1, 0.15) is 0 Å². The standard InChI is InChI=1S/C35H32N2O2/c1-34(2)29(36-27-20-18-23-12-8-10-14-25(23)32(27)34)16-6-5-7-17-30-35(3,4)33-26-15-11-9-13-24(26)19-21-28(33)37(30)22-31(38)39/h5-21H,22H2,1-4H3,(H,38,39)/p+1. The van der Waals surface area contributed by atoms with Gasteiger partial charge in [-0.25, -0.2) is 4.79 Å². The fourth-order valence-electron chi connectivity index (χ4n) is 6.44. The van der Waals surface area contributed by atoms with Crippen molar-refractivity contribution in [1.29, 1.82) is 0 Å². The minimum atomic E-state index is -0.848. The Morgan fingerprint density at radius 2 is 1.44 bits per heavy atom. The Morgan fingerprint density at radius 1 is 0.795 bits per heavy atom. The lowest BCUT2D eigenvalue weighted by atomic mass is 9.79. The van der Waals surface area contributed by atoms with Gasteiger partial charge in [-0.15, -0.1) is 0 Å². The molecule has 2 aliphatic heterocycles. The topological polar surface area (TPSA) is 52.3 Å². The van der Waals surface area contributed by atoms with Gasteiger partial charge in [-0.05, 0) is 59.2 Å². The maximum atomic E-state index is 11.8. The molecule has 2 N–H and O–H groups in total. The summed E-state index contributed by atoms with van der Waals surface area (Å²) in [4.78, 5) is 11.8. The van der Waals surface area contributed by atoms with Crippen LogP contribution in [0.2, 0.25) is 0 Å². The Labute approximate surface area is 229 Å². The number of nitrogens with zero attached hydrogens (tertiary/aromatic N) is 1. The highest BCUT2D eigenvalue weighted by Gasteiger charge is 2.46. The number of fused-ring (bicyclic) bond motifs is 6. The summed E-state index contributed by atoms with van der Waals surface area (Å²) in [6.45, 7) is 8.80. The second-order valence-corrected chi connectivity index (χ2v) is 11.5. The van der Waals surface area contributed by atoms with E-state index in [1.54, 1.807) is 0 Å². The summed E-state index contributed by atoms with van der Waals surface area (Å²) in [6, 6.07) is 25.3. The Morgan fingerprint density at radius 3 is 2.13 bits per heavy atom. The van der Waals surface area contributed by atoms with E-state index in [4.69, 9.17) is 0 Å². The van der Waals surface area contributed by atoms with Crippen LogP contribution in [0.1, 0.15) is 38.8 Å². The molecule has 0 spiro atoms. The van der Waals surface area contributed by atoms with Gasteiger partial charge in [0.05, 0.1) is 5.41 Å². The molecule has 194 valence electrons. The van der Waals surface area contributed by atoms with E-state index in [0.29, 0.717) is 0 Å². The first kappa shape index (κ1) is 24.9. The molecule has 4 heteroatoms. The Hall–Kier alpha value is -4.44. The molecule has 4 aromatic carbocycles. The van der Waals surface area contributed by atoms with Crippen molar-refractivity contribution in [3.8, 4) is 0 Å². The molecule has 4 nitrogen and oxygen atoms in total. The van der Waals surface area contributed by atoms with E-state index in [1.165, 1.54) is 27.3 Å². The highest BCUT2D eigenvalue weighted by Crippen LogP contribution is 2.47. The van der Waals surface area contributed by atoms with E-state index in [-0.39, 0.29) is 17.4 Å². The van der Waals surface area contributed by atoms with Crippen LogP contribution in [0.25, 0.3) is 21.5 Å². The molecule has 39 heavy (non-hydrogen) atoms. The van der Waals surface area contributed by atoms with Crippen LogP contribution in [0.3, 0.4) is 0 Å². The highest BCUT2D eigenvalue weighted by molar-refractivity contribution is 6.08. The van der Waals surface area contributed by atoms with Gasteiger partial charge in [0.15, 0.2) is 5.71 Å². The zero-order valence-electron chi connectivity index (χ0n) is 22.8. The van der Waals surface area contributed by atoms with E-state index in [2.05, 4.69) is 112 Å². The Bertz CT molecular complexity index is 1780. The van der Waals surface area contributed by atoms with Crippen LogP contribution in [-0.2, 0) is 15.6 Å². The summed E-state index contributed by atoms with van der Waals surface area (Å²) in [5.74, 6) is -0.848. The average molecular weight is 514 g/mol. The number of carboxylic acids is 1. The van der Waals surface area contributed by atoms with Crippen LogP contribution in [0.4, 0.5) is 11.4 Å². The first-order valence-electron chi connectivity index (χ1n) is 13.4. The Kier molecular flexibility index (Phi) is 5.80. The SMILES string of the molecule is CC1(C)C(/C=C/C=C/C=C2/Nc3ccc4ccccc4c3C2(C)C)=[N+](CC(=O)O)c2ccc3ccccc3c21. The fourth-order valence-corrected chi connectivity index (χ4v) is 6.44. The molecule has 0 aromatic heterocycles. The summed E-state index contributed by atoms with van der Waals surface area (Å²) in [5, 5.41) is 18.2. The second kappa shape index (κ2) is 9.09. The number of carbonyl (C=O) groups is 1. The van der Waals surface area contributed by atoms with Crippen molar-refractivity contribution in [3.05, 3.63) is 120 Å². The first-order chi connectivity index (χ1) is 18.7. The number of rotatable bonds is 5. The lowest BCUT2D eigenvalue weighted by Gasteiger charge is -2.21. The summed E-state index contributed by atoms with van der Waals surface area (Å²) in [6.07, 6.45) is 10.3. The number of anilines is 1. The molecule has 0 bridgehead atoms. The van der Waals surface area contributed by atoms with Crippen LogP contribution in [0, 0.1) is 0 Å². The van der Waals surface area contributed by atoms with Crippen molar-refractivity contribution in [2.75, 3.05) is 11.9 Å². The van der Waals surface area contributed by atoms with Gasteiger partial charge in [-0.2, -0.15) is 4.58 Å². The third-order valence-electron chi connectivity index (χ3n) is 8.28. The predicted octanol–water partition coefficient (Wildman–Crippen LogP) is 7.85. The first-order valence-corrected chi connectivity index (χ1v) is 13.4. The molecule has 0 unspecified atom stereocenters. The normalized spacial score (nSPS) is 18.4. The van der Waals surface area contributed by atoms with Gasteiger partial charge in [-0.3, -0.25) is 0 Å². The third kappa shape index (κ3) is 3.99. The molecule has 0 saturated heterocycles. The Balaban J connectivity index is 1.32. The number of hydrogen-bond acceptors (Lipinski definition) is 2.